The van der Waals surface area contributed by atoms with E-state index in [0.29, 0.717) is 36.5 Å². The second kappa shape index (κ2) is 10.2. The number of imidazole rings is 1. The summed E-state index contributed by atoms with van der Waals surface area (Å²) in [5.74, 6) is 4.21. The largest absolute Gasteiger partial charge is 0.427 e. The van der Waals surface area contributed by atoms with Crippen molar-refractivity contribution in [3.05, 3.63) is 5.82 Å². The van der Waals surface area contributed by atoms with Crippen LogP contribution in [-0.2, 0) is 16.1 Å². The number of amides is 1. The molecule has 2 aromatic rings. The molecule has 0 bridgehead atoms. The number of hydroxylamine groups is 1. The zero-order valence-electron chi connectivity index (χ0n) is 22.2. The van der Waals surface area contributed by atoms with E-state index in [0.717, 1.165) is 36.3 Å². The van der Waals surface area contributed by atoms with Gasteiger partial charge in [-0.2, -0.15) is 4.98 Å². The van der Waals surface area contributed by atoms with Crippen LogP contribution in [0.1, 0.15) is 77.7 Å². The first-order valence-corrected chi connectivity index (χ1v) is 14.1. The predicted molar refractivity (Wildman–Crippen MR) is 140 cm³/mol. The topological polar surface area (TPSA) is 118 Å². The monoisotopic (exact) mass is 512 g/mol. The Hall–Kier alpha value is -2.66. The van der Waals surface area contributed by atoms with Crippen molar-refractivity contribution < 1.29 is 14.4 Å². The number of morpholine rings is 1. The lowest BCUT2D eigenvalue weighted by Crippen LogP contribution is -2.45. The molecule has 4 aliphatic rings. The van der Waals surface area contributed by atoms with Crippen molar-refractivity contribution in [2.75, 3.05) is 30.0 Å². The molecule has 3 N–H and O–H groups in total. The smallest absolute Gasteiger partial charge is 0.377 e. The normalized spacial score (nSPS) is 29.6. The first-order valence-electron chi connectivity index (χ1n) is 14.1. The first-order chi connectivity index (χ1) is 18.0. The summed E-state index contributed by atoms with van der Waals surface area (Å²) in [6, 6.07) is 0.504. The molecule has 3 atom stereocenters. The molecule has 2 saturated carbocycles. The van der Waals surface area contributed by atoms with Crippen molar-refractivity contribution in [2.45, 2.75) is 90.5 Å². The average Bonchev–Trinajstić information content (AvgIpc) is 3.43. The molecular formula is C26H40N8O3. The third-order valence-corrected chi connectivity index (χ3v) is 8.81. The number of aromatic nitrogens is 4. The maximum absolute atomic E-state index is 11.7. The summed E-state index contributed by atoms with van der Waals surface area (Å²) in [7, 11) is 0. The standard InChI is InChI=1S/C26H40N8O3/c1-15-7-9-18(10-8-15)13-34-20-21(27-17(3)19-5-4-6-19)28-23(24-31-26(35)37-32-24)29-22(20)30-25(34)33-11-12-36-14-16(33)2/h15-19,24,32H,4-14H2,1-3H3,(H,31,35)(H,27,28,29)/t15?,16-,17+,18?,24?/m0/s1. The number of fused-ring (bicyclic) bond motifs is 1. The molecule has 202 valence electrons. The van der Waals surface area contributed by atoms with Gasteiger partial charge in [-0.3, -0.25) is 5.32 Å². The zero-order valence-corrected chi connectivity index (χ0v) is 22.2. The molecule has 1 amide bonds. The highest BCUT2D eigenvalue weighted by atomic mass is 16.7. The van der Waals surface area contributed by atoms with Gasteiger partial charge in [0.25, 0.3) is 0 Å². The van der Waals surface area contributed by atoms with E-state index in [-0.39, 0.29) is 12.1 Å². The fourth-order valence-electron chi connectivity index (χ4n) is 6.14. The summed E-state index contributed by atoms with van der Waals surface area (Å²) in [6.07, 6.45) is 7.61. The summed E-state index contributed by atoms with van der Waals surface area (Å²) in [5.41, 5.74) is 4.30. The molecule has 11 heteroatoms. The van der Waals surface area contributed by atoms with Crippen molar-refractivity contribution >= 4 is 29.0 Å². The summed E-state index contributed by atoms with van der Waals surface area (Å²) in [4.78, 5) is 33.9. The maximum Gasteiger partial charge on any atom is 0.427 e. The number of ether oxygens (including phenoxy) is 1. The number of rotatable bonds is 7. The molecule has 1 unspecified atom stereocenters. The van der Waals surface area contributed by atoms with Gasteiger partial charge < -0.3 is 24.4 Å². The minimum Gasteiger partial charge on any atom is -0.377 e. The van der Waals surface area contributed by atoms with E-state index in [1.807, 2.05) is 0 Å². The molecule has 0 spiro atoms. The van der Waals surface area contributed by atoms with Crippen LogP contribution in [0.25, 0.3) is 11.2 Å². The Kier molecular flexibility index (Phi) is 6.83. The predicted octanol–water partition coefficient (Wildman–Crippen LogP) is 3.72. The van der Waals surface area contributed by atoms with Gasteiger partial charge in [-0.1, -0.05) is 26.2 Å². The van der Waals surface area contributed by atoms with Gasteiger partial charge in [0.1, 0.15) is 5.52 Å². The number of anilines is 2. The molecule has 11 nitrogen and oxygen atoms in total. The number of carbonyl (C=O) groups excluding carboxylic acids is 1. The zero-order chi connectivity index (χ0) is 25.5. The highest BCUT2D eigenvalue weighted by Gasteiger charge is 2.33. The molecule has 2 aromatic heterocycles. The van der Waals surface area contributed by atoms with E-state index < -0.39 is 12.3 Å². The van der Waals surface area contributed by atoms with Crippen LogP contribution in [-0.4, -0.2) is 57.5 Å². The highest BCUT2D eigenvalue weighted by molar-refractivity contribution is 5.86. The molecular weight excluding hydrogens is 472 g/mol. The first kappa shape index (κ1) is 24.7. The van der Waals surface area contributed by atoms with E-state index in [2.05, 4.69) is 46.4 Å². The second-order valence-corrected chi connectivity index (χ2v) is 11.6. The van der Waals surface area contributed by atoms with Gasteiger partial charge in [0.05, 0.1) is 19.3 Å². The van der Waals surface area contributed by atoms with Crippen LogP contribution < -0.4 is 21.0 Å². The van der Waals surface area contributed by atoms with Crippen molar-refractivity contribution in [3.8, 4) is 0 Å². The molecule has 2 aliphatic carbocycles. The second-order valence-electron chi connectivity index (χ2n) is 11.6. The number of nitrogens with zero attached hydrogens (tertiary/aromatic N) is 5. The summed E-state index contributed by atoms with van der Waals surface area (Å²) in [5, 5.41) is 6.47. The average molecular weight is 513 g/mol. The van der Waals surface area contributed by atoms with Crippen molar-refractivity contribution in [2.24, 2.45) is 17.8 Å². The summed E-state index contributed by atoms with van der Waals surface area (Å²) in [6.45, 7) is 9.86. The van der Waals surface area contributed by atoms with Crippen LogP contribution in [0.15, 0.2) is 0 Å². The molecule has 4 heterocycles. The Labute approximate surface area is 218 Å². The molecule has 0 aromatic carbocycles. The van der Waals surface area contributed by atoms with Crippen LogP contribution in [0.4, 0.5) is 16.6 Å². The molecule has 6 rings (SSSR count). The number of nitrogens with one attached hydrogen (secondary N) is 3. The SMILES string of the molecule is CC1CCC(Cn2c(N3CCOC[C@@H]3C)nc3nc(C4NOC(=O)N4)nc(N[C@H](C)C4CCC4)c32)CC1. The van der Waals surface area contributed by atoms with E-state index in [1.165, 1.54) is 44.9 Å². The van der Waals surface area contributed by atoms with Gasteiger partial charge in [0.15, 0.2) is 23.5 Å². The third-order valence-electron chi connectivity index (χ3n) is 8.81. The van der Waals surface area contributed by atoms with E-state index in [1.54, 1.807) is 0 Å². The fourth-order valence-corrected chi connectivity index (χ4v) is 6.14. The van der Waals surface area contributed by atoms with Crippen LogP contribution in [0, 0.1) is 17.8 Å². The van der Waals surface area contributed by atoms with Gasteiger partial charge >= 0.3 is 6.09 Å². The van der Waals surface area contributed by atoms with E-state index in [4.69, 9.17) is 24.5 Å². The van der Waals surface area contributed by atoms with Gasteiger partial charge in [0.2, 0.25) is 5.95 Å². The van der Waals surface area contributed by atoms with E-state index in [9.17, 15) is 4.79 Å². The van der Waals surface area contributed by atoms with Gasteiger partial charge in [-0.15, -0.1) is 5.48 Å². The Balaban J connectivity index is 1.44. The molecule has 2 saturated heterocycles. The van der Waals surface area contributed by atoms with Gasteiger partial charge in [-0.25, -0.2) is 14.8 Å². The fraction of sp³-hybridized carbons (Fsp3) is 0.769. The Morgan fingerprint density at radius 2 is 1.92 bits per heavy atom. The maximum atomic E-state index is 11.7. The number of hydrogen-bond donors (Lipinski definition) is 3. The lowest BCUT2D eigenvalue weighted by molar-refractivity contribution is 0.0976. The van der Waals surface area contributed by atoms with Crippen LogP contribution in [0.2, 0.25) is 0 Å². The Bertz CT molecular complexity index is 1130. The Morgan fingerprint density at radius 1 is 1.11 bits per heavy atom. The molecule has 4 fully saturated rings. The van der Waals surface area contributed by atoms with E-state index >= 15 is 0 Å². The molecule has 2 aliphatic heterocycles. The number of hydrogen-bond acceptors (Lipinski definition) is 9. The van der Waals surface area contributed by atoms with Crippen LogP contribution in [0.5, 0.6) is 0 Å². The summed E-state index contributed by atoms with van der Waals surface area (Å²) < 4.78 is 8.12. The quantitative estimate of drug-likeness (QED) is 0.510. The van der Waals surface area contributed by atoms with Crippen molar-refractivity contribution in [3.63, 3.8) is 0 Å². The summed E-state index contributed by atoms with van der Waals surface area (Å²) >= 11 is 0. The highest BCUT2D eigenvalue weighted by Crippen LogP contribution is 2.36. The van der Waals surface area contributed by atoms with Gasteiger partial charge in [0, 0.05) is 19.1 Å². The third kappa shape index (κ3) is 4.95. The number of carbonyl (C=O) groups is 1. The van der Waals surface area contributed by atoms with Crippen molar-refractivity contribution in [1.29, 1.82) is 0 Å². The minimum atomic E-state index is -0.618. The van der Waals surface area contributed by atoms with Crippen LogP contribution in [0.3, 0.4) is 0 Å². The lowest BCUT2D eigenvalue weighted by atomic mass is 9.80. The lowest BCUT2D eigenvalue weighted by Gasteiger charge is -2.35. The van der Waals surface area contributed by atoms with Crippen LogP contribution >= 0.6 is 0 Å². The van der Waals surface area contributed by atoms with Crippen molar-refractivity contribution in [1.82, 2.24) is 30.3 Å². The minimum absolute atomic E-state index is 0.220. The Morgan fingerprint density at radius 3 is 2.59 bits per heavy atom. The van der Waals surface area contributed by atoms with Gasteiger partial charge in [-0.05, 0) is 57.3 Å². The molecule has 0 radical (unpaired) electrons. The molecule has 37 heavy (non-hydrogen) atoms.